The van der Waals surface area contributed by atoms with Gasteiger partial charge >= 0.3 is 19.8 Å². The van der Waals surface area contributed by atoms with Crippen LogP contribution in [0.15, 0.2) is 24.3 Å². The maximum absolute atomic E-state index is 12.6. The molecule has 2 unspecified atom stereocenters. The first-order valence-electron chi connectivity index (χ1n) is 25.1. The number of unbranched alkanes of at least 4 members (excludes halogenated alkanes) is 31. The third kappa shape index (κ3) is 45.9. The lowest BCUT2D eigenvalue weighted by Crippen LogP contribution is -2.29. The molecule has 0 aromatic carbocycles. The minimum absolute atomic E-state index is 0.00103. The zero-order valence-electron chi connectivity index (χ0n) is 38.9. The van der Waals surface area contributed by atoms with E-state index < -0.39 is 26.5 Å². The van der Waals surface area contributed by atoms with Crippen LogP contribution < -0.4 is 0 Å². The predicted molar refractivity (Wildman–Crippen MR) is 249 cm³/mol. The number of rotatable bonds is 47. The fourth-order valence-corrected chi connectivity index (χ4v) is 8.02. The highest BCUT2D eigenvalue weighted by atomic mass is 31.2. The van der Waals surface area contributed by atoms with Crippen LogP contribution in [0, 0.1) is 0 Å². The van der Waals surface area contributed by atoms with E-state index >= 15 is 0 Å². The first kappa shape index (κ1) is 57.5. The van der Waals surface area contributed by atoms with Crippen LogP contribution in [-0.2, 0) is 32.7 Å². The Balaban J connectivity index is 3.98. The number of ether oxygens (including phenoxy) is 2. The largest absolute Gasteiger partial charge is 0.472 e. The zero-order valence-corrected chi connectivity index (χ0v) is 39.8. The van der Waals surface area contributed by atoms with Crippen LogP contribution in [0.2, 0.25) is 0 Å². The van der Waals surface area contributed by atoms with E-state index in [-0.39, 0.29) is 25.6 Å². The minimum atomic E-state index is -4.28. The van der Waals surface area contributed by atoms with E-state index in [4.69, 9.17) is 18.5 Å². The van der Waals surface area contributed by atoms with Gasteiger partial charge in [-0.25, -0.2) is 4.57 Å². The van der Waals surface area contributed by atoms with Crippen LogP contribution in [0.25, 0.3) is 0 Å². The summed E-state index contributed by atoms with van der Waals surface area (Å²) in [5.41, 5.74) is 0. The second-order valence-electron chi connectivity index (χ2n) is 16.8. The molecule has 0 aromatic heterocycles. The Morgan fingerprint density at radius 1 is 0.441 bits per heavy atom. The first-order chi connectivity index (χ1) is 28.8. The number of hydrogen-bond donors (Lipinski definition) is 1. The lowest BCUT2D eigenvalue weighted by atomic mass is 10.1. The van der Waals surface area contributed by atoms with Gasteiger partial charge in [0.1, 0.15) is 6.61 Å². The highest BCUT2D eigenvalue weighted by Gasteiger charge is 2.25. The smallest absolute Gasteiger partial charge is 0.462 e. The monoisotopic (exact) mass is 855 g/mol. The van der Waals surface area contributed by atoms with Crippen LogP contribution in [0.1, 0.15) is 258 Å². The first-order valence-corrected chi connectivity index (χ1v) is 26.6. The molecular weight excluding hydrogens is 760 g/mol. The Bertz CT molecular complexity index is 1010. The summed E-state index contributed by atoms with van der Waals surface area (Å²) in [6, 6.07) is 0. The summed E-state index contributed by atoms with van der Waals surface area (Å²) in [6.45, 7) is 5.51. The van der Waals surface area contributed by atoms with E-state index in [2.05, 4.69) is 38.2 Å². The summed E-state index contributed by atoms with van der Waals surface area (Å²) in [6.07, 6.45) is 52.4. The molecule has 0 fully saturated rings. The van der Waals surface area contributed by atoms with E-state index in [9.17, 15) is 19.0 Å². The Morgan fingerprint density at radius 2 is 0.763 bits per heavy atom. The molecule has 9 heteroatoms. The summed E-state index contributed by atoms with van der Waals surface area (Å²) < 4.78 is 32.8. The second-order valence-corrected chi connectivity index (χ2v) is 18.3. The fourth-order valence-electron chi connectivity index (χ4n) is 7.27. The third-order valence-corrected chi connectivity index (χ3v) is 12.0. The molecule has 0 heterocycles. The summed E-state index contributed by atoms with van der Waals surface area (Å²) in [5.74, 6) is -0.794. The van der Waals surface area contributed by atoms with Gasteiger partial charge < -0.3 is 14.4 Å². The van der Waals surface area contributed by atoms with Crippen LogP contribution in [0.4, 0.5) is 0 Å². The van der Waals surface area contributed by atoms with Crippen molar-refractivity contribution in [2.45, 2.75) is 264 Å². The van der Waals surface area contributed by atoms with E-state index in [1.165, 1.54) is 186 Å². The van der Waals surface area contributed by atoms with Crippen molar-refractivity contribution in [3.8, 4) is 0 Å². The number of carbonyl (C=O) groups is 2. The van der Waals surface area contributed by atoms with Gasteiger partial charge in [0.15, 0.2) is 6.10 Å². The Morgan fingerprint density at radius 3 is 1.12 bits per heavy atom. The normalized spacial score (nSPS) is 13.4. The molecule has 0 amide bonds. The Hall–Kier alpha value is -1.47. The van der Waals surface area contributed by atoms with Crippen LogP contribution in [0.3, 0.4) is 0 Å². The second kappa shape index (κ2) is 46.0. The molecule has 0 rings (SSSR count). The number of phosphoric acid groups is 1. The third-order valence-electron chi connectivity index (χ3n) is 11.0. The molecule has 0 saturated heterocycles. The number of hydrogen-bond acceptors (Lipinski definition) is 7. The lowest BCUT2D eigenvalue weighted by molar-refractivity contribution is -0.161. The molecule has 0 radical (unpaired) electrons. The number of phosphoric ester groups is 1. The molecule has 0 saturated carbocycles. The van der Waals surface area contributed by atoms with E-state index in [1.54, 1.807) is 6.92 Å². The molecular formula is C50H95O8P. The number of carbonyl (C=O) groups excluding carboxylic acids is 2. The van der Waals surface area contributed by atoms with Crippen molar-refractivity contribution in [3.05, 3.63) is 24.3 Å². The average molecular weight is 855 g/mol. The van der Waals surface area contributed by atoms with Gasteiger partial charge in [0.2, 0.25) is 0 Å². The van der Waals surface area contributed by atoms with Gasteiger partial charge in [-0.2, -0.15) is 0 Å². The van der Waals surface area contributed by atoms with Crippen molar-refractivity contribution in [1.29, 1.82) is 0 Å². The molecule has 0 aliphatic rings. The molecule has 0 aliphatic carbocycles. The van der Waals surface area contributed by atoms with Crippen molar-refractivity contribution < 1.29 is 37.6 Å². The van der Waals surface area contributed by atoms with Crippen molar-refractivity contribution in [2.75, 3.05) is 19.8 Å². The summed E-state index contributed by atoms with van der Waals surface area (Å²) in [7, 11) is -4.28. The van der Waals surface area contributed by atoms with Gasteiger partial charge in [-0.1, -0.05) is 199 Å². The standard InChI is InChI=1S/C50H95O8P/c1-4-7-9-11-13-15-17-19-21-23-25-26-27-29-31-33-35-37-39-41-43-45-50(52)58-48(47-57-59(53,54)56-6-3)46-55-49(51)44-42-40-38-36-34-32-30-28-24-22-20-18-16-14-12-10-8-5-2/h22-25,48H,4-21,26-47H2,1-3H3,(H,53,54)/b24-22-,25-23-. The van der Waals surface area contributed by atoms with Gasteiger partial charge in [0.25, 0.3) is 0 Å². The maximum Gasteiger partial charge on any atom is 0.472 e. The van der Waals surface area contributed by atoms with Crippen molar-refractivity contribution in [3.63, 3.8) is 0 Å². The zero-order chi connectivity index (χ0) is 43.2. The fraction of sp³-hybridized carbons (Fsp3) is 0.880. The van der Waals surface area contributed by atoms with Crippen LogP contribution >= 0.6 is 7.82 Å². The van der Waals surface area contributed by atoms with Gasteiger partial charge in [0.05, 0.1) is 13.2 Å². The van der Waals surface area contributed by atoms with E-state index in [0.29, 0.717) is 12.8 Å². The van der Waals surface area contributed by atoms with Gasteiger partial charge in [-0.15, -0.1) is 0 Å². The predicted octanol–water partition coefficient (Wildman–Crippen LogP) is 16.2. The summed E-state index contributed by atoms with van der Waals surface area (Å²) in [5, 5.41) is 0. The van der Waals surface area contributed by atoms with Crippen molar-refractivity contribution in [1.82, 2.24) is 0 Å². The number of esters is 2. The minimum Gasteiger partial charge on any atom is -0.462 e. The topological polar surface area (TPSA) is 108 Å². The molecule has 0 spiro atoms. The average Bonchev–Trinajstić information content (AvgIpc) is 3.22. The molecule has 0 aliphatic heterocycles. The SMILES string of the molecule is CCCCCCCCC/C=C\CCCCCCCCCC(=O)OCC(COP(=O)(O)OCC)OC(=O)CCCCCCCCCCC/C=C\CCCCCCCCCC. The maximum atomic E-state index is 12.6. The summed E-state index contributed by atoms with van der Waals surface area (Å²) in [4.78, 5) is 34.9. The summed E-state index contributed by atoms with van der Waals surface area (Å²) >= 11 is 0. The Kier molecular flexibility index (Phi) is 44.9. The number of allylic oxidation sites excluding steroid dienone is 4. The molecule has 8 nitrogen and oxygen atoms in total. The molecule has 59 heavy (non-hydrogen) atoms. The van der Waals surface area contributed by atoms with Crippen LogP contribution in [0.5, 0.6) is 0 Å². The van der Waals surface area contributed by atoms with E-state index in [0.717, 1.165) is 32.1 Å². The van der Waals surface area contributed by atoms with Gasteiger partial charge in [0, 0.05) is 12.8 Å². The molecule has 0 aromatic rings. The lowest BCUT2D eigenvalue weighted by Gasteiger charge is -2.19. The van der Waals surface area contributed by atoms with Crippen LogP contribution in [-0.4, -0.2) is 42.8 Å². The highest BCUT2D eigenvalue weighted by molar-refractivity contribution is 7.47. The van der Waals surface area contributed by atoms with E-state index in [1.807, 2.05) is 0 Å². The molecule has 0 bridgehead atoms. The molecule has 1 N–H and O–H groups in total. The van der Waals surface area contributed by atoms with Gasteiger partial charge in [-0.3, -0.25) is 18.6 Å². The van der Waals surface area contributed by atoms with Gasteiger partial charge in [-0.05, 0) is 71.1 Å². The molecule has 348 valence electrons. The highest BCUT2D eigenvalue weighted by Crippen LogP contribution is 2.43. The van der Waals surface area contributed by atoms with Crippen molar-refractivity contribution >= 4 is 19.8 Å². The Labute approximate surface area is 364 Å². The molecule has 2 atom stereocenters. The quantitative estimate of drug-likeness (QED) is 0.0279. The van der Waals surface area contributed by atoms with Crippen molar-refractivity contribution in [2.24, 2.45) is 0 Å².